The Labute approximate surface area is 119 Å². The summed E-state index contributed by atoms with van der Waals surface area (Å²) >= 11 is 0. The highest BCUT2D eigenvalue weighted by Crippen LogP contribution is 2.29. The van der Waals surface area contributed by atoms with Gasteiger partial charge in [0.1, 0.15) is 0 Å². The van der Waals surface area contributed by atoms with Crippen molar-refractivity contribution < 1.29 is 4.74 Å². The molecule has 2 nitrogen and oxygen atoms in total. The summed E-state index contributed by atoms with van der Waals surface area (Å²) in [6.07, 6.45) is 15.5. The quantitative estimate of drug-likeness (QED) is 0.695. The van der Waals surface area contributed by atoms with Gasteiger partial charge in [0.05, 0.1) is 6.10 Å². The van der Waals surface area contributed by atoms with E-state index in [0.29, 0.717) is 6.10 Å². The molecule has 0 bridgehead atoms. The van der Waals surface area contributed by atoms with Gasteiger partial charge in [0.15, 0.2) is 0 Å². The number of hydrogen-bond acceptors (Lipinski definition) is 2. The Morgan fingerprint density at radius 1 is 0.947 bits per heavy atom. The second kappa shape index (κ2) is 8.97. The van der Waals surface area contributed by atoms with Gasteiger partial charge in [0, 0.05) is 12.6 Å². The molecule has 0 amide bonds. The van der Waals surface area contributed by atoms with Crippen LogP contribution >= 0.6 is 0 Å². The molecule has 0 aliphatic heterocycles. The van der Waals surface area contributed by atoms with Crippen molar-refractivity contribution in [2.75, 3.05) is 13.2 Å². The van der Waals surface area contributed by atoms with E-state index in [1.54, 1.807) is 0 Å². The van der Waals surface area contributed by atoms with Crippen LogP contribution in [0.15, 0.2) is 0 Å². The SMILES string of the molecule is CCCNC1CCCC1CCOC1CCCCCC1. The molecule has 2 heteroatoms. The normalized spacial score (nSPS) is 29.5. The lowest BCUT2D eigenvalue weighted by molar-refractivity contribution is 0.0338. The van der Waals surface area contributed by atoms with E-state index >= 15 is 0 Å². The molecule has 1 N–H and O–H groups in total. The molecule has 112 valence electrons. The number of rotatable bonds is 7. The van der Waals surface area contributed by atoms with Crippen LogP contribution in [0.2, 0.25) is 0 Å². The fourth-order valence-corrected chi connectivity index (χ4v) is 3.78. The molecule has 0 aromatic heterocycles. The minimum absolute atomic E-state index is 0.575. The van der Waals surface area contributed by atoms with Crippen LogP contribution in [0.5, 0.6) is 0 Å². The van der Waals surface area contributed by atoms with Crippen molar-refractivity contribution in [3.05, 3.63) is 0 Å². The van der Waals surface area contributed by atoms with Gasteiger partial charge in [-0.15, -0.1) is 0 Å². The van der Waals surface area contributed by atoms with Gasteiger partial charge >= 0.3 is 0 Å². The summed E-state index contributed by atoms with van der Waals surface area (Å²) in [6.45, 7) is 4.44. The molecule has 2 atom stereocenters. The van der Waals surface area contributed by atoms with E-state index < -0.39 is 0 Å². The monoisotopic (exact) mass is 267 g/mol. The highest BCUT2D eigenvalue weighted by molar-refractivity contribution is 4.83. The lowest BCUT2D eigenvalue weighted by atomic mass is 10.00. The molecule has 0 heterocycles. The van der Waals surface area contributed by atoms with Crippen molar-refractivity contribution in [1.82, 2.24) is 5.32 Å². The van der Waals surface area contributed by atoms with E-state index in [1.165, 1.54) is 77.2 Å². The van der Waals surface area contributed by atoms with Gasteiger partial charge in [-0.25, -0.2) is 0 Å². The van der Waals surface area contributed by atoms with Crippen molar-refractivity contribution in [2.45, 2.75) is 89.7 Å². The topological polar surface area (TPSA) is 21.3 Å². The van der Waals surface area contributed by atoms with E-state index in [-0.39, 0.29) is 0 Å². The van der Waals surface area contributed by atoms with Gasteiger partial charge in [0.2, 0.25) is 0 Å². The number of nitrogens with one attached hydrogen (secondary N) is 1. The number of ether oxygens (including phenoxy) is 1. The van der Waals surface area contributed by atoms with Crippen LogP contribution in [-0.2, 0) is 4.74 Å². The van der Waals surface area contributed by atoms with E-state index in [2.05, 4.69) is 12.2 Å². The molecule has 19 heavy (non-hydrogen) atoms. The van der Waals surface area contributed by atoms with Crippen LogP contribution in [0.4, 0.5) is 0 Å². The minimum atomic E-state index is 0.575. The van der Waals surface area contributed by atoms with Crippen molar-refractivity contribution >= 4 is 0 Å². The van der Waals surface area contributed by atoms with Crippen molar-refractivity contribution in [2.24, 2.45) is 5.92 Å². The molecule has 0 saturated heterocycles. The van der Waals surface area contributed by atoms with Crippen LogP contribution in [0.1, 0.15) is 77.6 Å². The van der Waals surface area contributed by atoms with Crippen molar-refractivity contribution in [3.63, 3.8) is 0 Å². The Kier molecular flexibility index (Phi) is 7.23. The van der Waals surface area contributed by atoms with Crippen LogP contribution in [0.3, 0.4) is 0 Å². The predicted molar refractivity (Wildman–Crippen MR) is 81.5 cm³/mol. The third-order valence-electron chi connectivity index (χ3n) is 4.96. The van der Waals surface area contributed by atoms with Crippen LogP contribution in [-0.4, -0.2) is 25.3 Å². The molecule has 0 radical (unpaired) electrons. The van der Waals surface area contributed by atoms with E-state index in [0.717, 1.165) is 18.6 Å². The average molecular weight is 267 g/mol. The van der Waals surface area contributed by atoms with Gasteiger partial charge in [-0.05, 0) is 51.0 Å². The molecule has 0 aromatic rings. The Morgan fingerprint density at radius 2 is 1.74 bits per heavy atom. The van der Waals surface area contributed by atoms with Crippen LogP contribution in [0.25, 0.3) is 0 Å². The second-order valence-electron chi connectivity index (χ2n) is 6.52. The second-order valence-corrected chi connectivity index (χ2v) is 6.52. The van der Waals surface area contributed by atoms with Crippen LogP contribution < -0.4 is 5.32 Å². The summed E-state index contributed by atoms with van der Waals surface area (Å²) in [5, 5.41) is 3.72. The molecular formula is C17H33NO. The third-order valence-corrected chi connectivity index (χ3v) is 4.96. The first-order chi connectivity index (χ1) is 9.40. The first-order valence-corrected chi connectivity index (χ1v) is 8.75. The summed E-state index contributed by atoms with van der Waals surface area (Å²) in [7, 11) is 0. The zero-order valence-electron chi connectivity index (χ0n) is 12.8. The summed E-state index contributed by atoms with van der Waals surface area (Å²) in [5.41, 5.74) is 0. The molecule has 0 spiro atoms. The Morgan fingerprint density at radius 3 is 2.47 bits per heavy atom. The standard InChI is InChI=1S/C17H33NO/c1-2-13-18-17-11-7-8-15(17)12-14-19-16-9-5-3-4-6-10-16/h15-18H,2-14H2,1H3. The highest BCUT2D eigenvalue weighted by Gasteiger charge is 2.26. The smallest absolute Gasteiger partial charge is 0.0575 e. The molecule has 2 saturated carbocycles. The van der Waals surface area contributed by atoms with Crippen LogP contribution in [0, 0.1) is 5.92 Å². The van der Waals surface area contributed by atoms with E-state index in [9.17, 15) is 0 Å². The first-order valence-electron chi connectivity index (χ1n) is 8.75. The van der Waals surface area contributed by atoms with E-state index in [1.807, 2.05) is 0 Å². The summed E-state index contributed by atoms with van der Waals surface area (Å²) in [4.78, 5) is 0. The van der Waals surface area contributed by atoms with E-state index in [4.69, 9.17) is 4.74 Å². The molecule has 0 aromatic carbocycles. The number of hydrogen-bond donors (Lipinski definition) is 1. The summed E-state index contributed by atoms with van der Waals surface area (Å²) in [5.74, 6) is 0.873. The maximum Gasteiger partial charge on any atom is 0.0575 e. The minimum Gasteiger partial charge on any atom is -0.378 e. The fraction of sp³-hybridized carbons (Fsp3) is 1.00. The lowest BCUT2D eigenvalue weighted by Crippen LogP contribution is -2.33. The Bertz CT molecular complexity index is 223. The van der Waals surface area contributed by atoms with Gasteiger partial charge in [-0.2, -0.15) is 0 Å². The molecule has 2 unspecified atom stereocenters. The predicted octanol–water partition coefficient (Wildman–Crippen LogP) is 4.28. The van der Waals surface area contributed by atoms with Gasteiger partial charge in [-0.1, -0.05) is 39.0 Å². The third kappa shape index (κ3) is 5.43. The molecule has 2 aliphatic carbocycles. The van der Waals surface area contributed by atoms with Gasteiger partial charge in [-0.3, -0.25) is 0 Å². The Hall–Kier alpha value is -0.0800. The highest BCUT2D eigenvalue weighted by atomic mass is 16.5. The molecular weight excluding hydrogens is 234 g/mol. The molecule has 2 rings (SSSR count). The summed E-state index contributed by atoms with van der Waals surface area (Å²) < 4.78 is 6.15. The first kappa shape index (κ1) is 15.3. The van der Waals surface area contributed by atoms with Crippen molar-refractivity contribution in [3.8, 4) is 0 Å². The van der Waals surface area contributed by atoms with Gasteiger partial charge in [0.25, 0.3) is 0 Å². The molecule has 2 fully saturated rings. The maximum atomic E-state index is 6.15. The molecule has 2 aliphatic rings. The largest absolute Gasteiger partial charge is 0.378 e. The van der Waals surface area contributed by atoms with Gasteiger partial charge < -0.3 is 10.1 Å². The zero-order chi connectivity index (χ0) is 13.3. The lowest BCUT2D eigenvalue weighted by Gasteiger charge is -2.22. The maximum absolute atomic E-state index is 6.15. The average Bonchev–Trinajstić information content (AvgIpc) is 2.70. The van der Waals surface area contributed by atoms with Crippen molar-refractivity contribution in [1.29, 1.82) is 0 Å². The Balaban J connectivity index is 1.61. The fourth-order valence-electron chi connectivity index (χ4n) is 3.78. The summed E-state index contributed by atoms with van der Waals surface area (Å²) in [6, 6.07) is 0.776. The zero-order valence-corrected chi connectivity index (χ0v) is 12.8.